The Morgan fingerprint density at radius 1 is 1.08 bits per heavy atom. The molecule has 0 radical (unpaired) electrons. The fourth-order valence-electron chi connectivity index (χ4n) is 2.94. The monoisotopic (exact) mass is 368 g/mol. The predicted octanol–water partition coefficient (Wildman–Crippen LogP) is 3.34. The molecule has 142 valence electrons. The summed E-state index contributed by atoms with van der Waals surface area (Å²) in [5.41, 5.74) is 1.71. The SMILES string of the molecule is Cc1ccc(N(CCCC(=O)NC(C(C)C)C(C)C)S(C)(=O)=O)cc1. The fraction of sp³-hybridized carbons (Fsp3) is 0.632. The van der Waals surface area contributed by atoms with Crippen molar-refractivity contribution in [1.29, 1.82) is 0 Å². The summed E-state index contributed by atoms with van der Waals surface area (Å²) in [6.45, 7) is 10.6. The molecule has 6 heteroatoms. The fourth-order valence-corrected chi connectivity index (χ4v) is 3.91. The van der Waals surface area contributed by atoms with Crippen LogP contribution in [0.5, 0.6) is 0 Å². The average molecular weight is 369 g/mol. The number of sulfonamides is 1. The van der Waals surface area contributed by atoms with Crippen LogP contribution in [-0.2, 0) is 14.8 Å². The number of anilines is 1. The lowest BCUT2D eigenvalue weighted by Crippen LogP contribution is -2.42. The van der Waals surface area contributed by atoms with Gasteiger partial charge in [0.2, 0.25) is 15.9 Å². The maximum atomic E-state index is 12.2. The number of amides is 1. The van der Waals surface area contributed by atoms with Gasteiger partial charge in [0.15, 0.2) is 0 Å². The van der Waals surface area contributed by atoms with Crippen LogP contribution in [0.1, 0.15) is 46.1 Å². The van der Waals surface area contributed by atoms with Crippen LogP contribution in [0.4, 0.5) is 5.69 Å². The lowest BCUT2D eigenvalue weighted by atomic mass is 9.93. The highest BCUT2D eigenvalue weighted by Gasteiger charge is 2.21. The van der Waals surface area contributed by atoms with Gasteiger partial charge in [-0.15, -0.1) is 0 Å². The lowest BCUT2D eigenvalue weighted by molar-refractivity contribution is -0.122. The van der Waals surface area contributed by atoms with Crippen molar-refractivity contribution in [2.75, 3.05) is 17.1 Å². The number of aryl methyl sites for hydroxylation is 1. The number of carbonyl (C=O) groups is 1. The third-order valence-corrected chi connectivity index (χ3v) is 5.45. The Bertz CT molecular complexity index is 644. The van der Waals surface area contributed by atoms with Crippen molar-refractivity contribution < 1.29 is 13.2 Å². The average Bonchev–Trinajstić information content (AvgIpc) is 2.48. The molecule has 1 aromatic rings. The van der Waals surface area contributed by atoms with Crippen LogP contribution >= 0.6 is 0 Å². The van der Waals surface area contributed by atoms with Gasteiger partial charge >= 0.3 is 0 Å². The second kappa shape index (κ2) is 9.22. The van der Waals surface area contributed by atoms with Gasteiger partial charge in [-0.05, 0) is 37.3 Å². The third kappa shape index (κ3) is 7.06. The molecule has 0 fully saturated rings. The molecule has 25 heavy (non-hydrogen) atoms. The van der Waals surface area contributed by atoms with Gasteiger partial charge in [0.05, 0.1) is 11.9 Å². The molecule has 1 aromatic carbocycles. The summed E-state index contributed by atoms with van der Waals surface area (Å²) in [6, 6.07) is 7.50. The second-order valence-electron chi connectivity index (χ2n) is 7.36. The van der Waals surface area contributed by atoms with Crippen molar-refractivity contribution in [1.82, 2.24) is 5.32 Å². The van der Waals surface area contributed by atoms with Gasteiger partial charge < -0.3 is 5.32 Å². The molecule has 0 saturated carbocycles. The van der Waals surface area contributed by atoms with Crippen LogP contribution in [0.3, 0.4) is 0 Å². The van der Waals surface area contributed by atoms with E-state index in [0.717, 1.165) is 5.56 Å². The molecule has 0 spiro atoms. The molecular weight excluding hydrogens is 336 g/mol. The van der Waals surface area contributed by atoms with E-state index in [4.69, 9.17) is 0 Å². The van der Waals surface area contributed by atoms with Crippen molar-refractivity contribution in [2.45, 2.75) is 53.5 Å². The van der Waals surface area contributed by atoms with Crippen LogP contribution in [0.2, 0.25) is 0 Å². The topological polar surface area (TPSA) is 66.5 Å². The molecule has 1 rings (SSSR count). The summed E-state index contributed by atoms with van der Waals surface area (Å²) >= 11 is 0. The molecule has 0 bridgehead atoms. The van der Waals surface area contributed by atoms with Crippen LogP contribution in [-0.4, -0.2) is 33.2 Å². The molecule has 0 saturated heterocycles. The van der Waals surface area contributed by atoms with Crippen LogP contribution in [0.25, 0.3) is 0 Å². The van der Waals surface area contributed by atoms with Crippen LogP contribution in [0.15, 0.2) is 24.3 Å². The number of benzene rings is 1. The Balaban J connectivity index is 2.66. The summed E-state index contributed by atoms with van der Waals surface area (Å²) in [5, 5.41) is 3.07. The molecule has 5 nitrogen and oxygen atoms in total. The van der Waals surface area contributed by atoms with Crippen molar-refractivity contribution in [3.63, 3.8) is 0 Å². The summed E-state index contributed by atoms with van der Waals surface area (Å²) in [6.07, 6.45) is 1.99. The molecule has 1 N–H and O–H groups in total. The minimum Gasteiger partial charge on any atom is -0.353 e. The maximum absolute atomic E-state index is 12.2. The van der Waals surface area contributed by atoms with Gasteiger partial charge in [-0.25, -0.2) is 8.42 Å². The number of carbonyl (C=O) groups excluding carboxylic acids is 1. The Morgan fingerprint density at radius 3 is 2.04 bits per heavy atom. The summed E-state index contributed by atoms with van der Waals surface area (Å²) in [4.78, 5) is 12.2. The number of hydrogen-bond acceptors (Lipinski definition) is 3. The number of rotatable bonds is 9. The highest BCUT2D eigenvalue weighted by molar-refractivity contribution is 7.92. The Hall–Kier alpha value is -1.56. The first-order valence-electron chi connectivity index (χ1n) is 8.86. The standard InChI is InChI=1S/C19H32N2O3S/c1-14(2)19(15(3)4)20-18(22)8-7-13-21(25(6,23)24)17-11-9-16(5)10-12-17/h9-12,14-15,19H,7-8,13H2,1-6H3,(H,20,22). The highest BCUT2D eigenvalue weighted by Crippen LogP contribution is 2.19. The zero-order valence-electron chi connectivity index (χ0n) is 16.2. The summed E-state index contributed by atoms with van der Waals surface area (Å²) in [7, 11) is -3.38. The summed E-state index contributed by atoms with van der Waals surface area (Å²) < 4.78 is 25.5. The highest BCUT2D eigenvalue weighted by atomic mass is 32.2. The van der Waals surface area contributed by atoms with Crippen molar-refractivity contribution >= 4 is 21.6 Å². The third-order valence-electron chi connectivity index (χ3n) is 4.25. The minimum atomic E-state index is -3.38. The first-order chi connectivity index (χ1) is 11.5. The Labute approximate surface area is 152 Å². The first kappa shape index (κ1) is 21.5. The normalized spacial score (nSPS) is 12.0. The molecule has 0 aliphatic carbocycles. The van der Waals surface area contributed by atoms with E-state index in [1.807, 2.05) is 19.1 Å². The van der Waals surface area contributed by atoms with E-state index in [1.54, 1.807) is 12.1 Å². The second-order valence-corrected chi connectivity index (χ2v) is 9.26. The number of hydrogen-bond donors (Lipinski definition) is 1. The smallest absolute Gasteiger partial charge is 0.232 e. The zero-order chi connectivity index (χ0) is 19.2. The van der Waals surface area contributed by atoms with Gasteiger partial charge in [-0.3, -0.25) is 9.10 Å². The number of nitrogens with one attached hydrogen (secondary N) is 1. The molecule has 0 unspecified atom stereocenters. The summed E-state index contributed by atoms with van der Waals surface area (Å²) in [5.74, 6) is 0.706. The van der Waals surface area contributed by atoms with Gasteiger partial charge in [0.1, 0.15) is 0 Å². The van der Waals surface area contributed by atoms with Gasteiger partial charge in [-0.2, -0.15) is 0 Å². The lowest BCUT2D eigenvalue weighted by Gasteiger charge is -2.26. The Kier molecular flexibility index (Phi) is 7.93. The van der Waals surface area contributed by atoms with Crippen molar-refractivity contribution in [2.24, 2.45) is 11.8 Å². The van der Waals surface area contributed by atoms with Crippen molar-refractivity contribution in [3.8, 4) is 0 Å². The van der Waals surface area contributed by atoms with E-state index in [1.165, 1.54) is 10.6 Å². The van der Waals surface area contributed by atoms with Gasteiger partial charge in [0, 0.05) is 19.0 Å². The van der Waals surface area contributed by atoms with E-state index in [0.29, 0.717) is 36.9 Å². The molecule has 0 heterocycles. The van der Waals surface area contributed by atoms with E-state index < -0.39 is 10.0 Å². The molecular formula is C19H32N2O3S. The Morgan fingerprint density at radius 2 is 1.60 bits per heavy atom. The van der Waals surface area contributed by atoms with Crippen LogP contribution < -0.4 is 9.62 Å². The van der Waals surface area contributed by atoms with Crippen molar-refractivity contribution in [3.05, 3.63) is 29.8 Å². The predicted molar refractivity (Wildman–Crippen MR) is 104 cm³/mol. The van der Waals surface area contributed by atoms with Gasteiger partial charge in [0.25, 0.3) is 0 Å². The first-order valence-corrected chi connectivity index (χ1v) is 10.7. The van der Waals surface area contributed by atoms with E-state index in [9.17, 15) is 13.2 Å². The van der Waals surface area contributed by atoms with E-state index >= 15 is 0 Å². The maximum Gasteiger partial charge on any atom is 0.232 e. The zero-order valence-corrected chi connectivity index (χ0v) is 17.1. The minimum absolute atomic E-state index is 0.0234. The quantitative estimate of drug-likeness (QED) is 0.727. The molecule has 0 atom stereocenters. The number of nitrogens with zero attached hydrogens (tertiary/aromatic N) is 1. The molecule has 1 amide bonds. The van der Waals surface area contributed by atoms with Crippen LogP contribution in [0, 0.1) is 18.8 Å². The van der Waals surface area contributed by atoms with E-state index in [2.05, 4.69) is 33.0 Å². The molecule has 0 aliphatic rings. The van der Waals surface area contributed by atoms with E-state index in [-0.39, 0.29) is 11.9 Å². The largest absolute Gasteiger partial charge is 0.353 e. The molecule has 0 aromatic heterocycles. The molecule has 0 aliphatic heterocycles. The van der Waals surface area contributed by atoms with Gasteiger partial charge in [-0.1, -0.05) is 45.4 Å².